The van der Waals surface area contributed by atoms with Crippen LogP contribution in [-0.2, 0) is 48.4 Å². The van der Waals surface area contributed by atoms with E-state index < -0.39 is 11.7 Å². The Morgan fingerprint density at radius 2 is 1.30 bits per heavy atom. The predicted molar refractivity (Wildman–Crippen MR) is 413 cm³/mol. The van der Waals surface area contributed by atoms with Crippen molar-refractivity contribution in [3.05, 3.63) is 35.9 Å². The molecule has 1 aromatic rings. The molecule has 0 radical (unpaired) electrons. The molecule has 20 heteroatoms. The molecule has 5 saturated heterocycles. The molecular formula is C82H154N6O14. The zero-order chi connectivity index (χ0) is 76.6. The van der Waals surface area contributed by atoms with Crippen LogP contribution in [0.1, 0.15) is 276 Å². The van der Waals surface area contributed by atoms with Gasteiger partial charge in [0.05, 0.1) is 43.7 Å². The van der Waals surface area contributed by atoms with E-state index in [1.165, 1.54) is 90.1 Å². The van der Waals surface area contributed by atoms with Crippen LogP contribution in [0.4, 0.5) is 9.59 Å². The highest BCUT2D eigenvalue weighted by molar-refractivity contribution is 5.81. The summed E-state index contributed by atoms with van der Waals surface area (Å²) in [4.78, 5) is 63.4. The first-order valence-electron chi connectivity index (χ1n) is 40.2. The van der Waals surface area contributed by atoms with E-state index in [1.54, 1.807) is 28.7 Å². The number of benzene rings is 1. The minimum absolute atomic E-state index is 0.104. The van der Waals surface area contributed by atoms with Crippen molar-refractivity contribution in [1.29, 1.82) is 0 Å². The van der Waals surface area contributed by atoms with Crippen molar-refractivity contribution in [2.75, 3.05) is 120 Å². The second kappa shape index (κ2) is 54.4. The molecule has 0 bridgehead atoms. The zero-order valence-corrected chi connectivity index (χ0v) is 67.9. The Kier molecular flexibility index (Phi) is 51.2. The number of carbonyl (C=O) groups is 5. The summed E-state index contributed by atoms with van der Waals surface area (Å²) in [6, 6.07) is 9.85. The minimum atomic E-state index is -0.698. The van der Waals surface area contributed by atoms with Gasteiger partial charge in [0.15, 0.2) is 0 Å². The molecule has 6 N–H and O–H groups in total. The van der Waals surface area contributed by atoms with E-state index in [4.69, 9.17) is 44.4 Å². The number of cyclic esters (lactones) is 1. The van der Waals surface area contributed by atoms with E-state index in [2.05, 4.69) is 60.7 Å². The van der Waals surface area contributed by atoms with E-state index in [0.717, 1.165) is 167 Å². The third-order valence-corrected chi connectivity index (χ3v) is 21.4. The fraction of sp³-hybridized carbons (Fsp3) is 0.866. The molecule has 1 aromatic carbocycles. The Bertz CT molecular complexity index is 2280. The summed E-state index contributed by atoms with van der Waals surface area (Å²) in [5.41, 5.74) is 6.88. The lowest BCUT2D eigenvalue weighted by atomic mass is 9.82. The van der Waals surface area contributed by atoms with E-state index in [-0.39, 0.29) is 54.0 Å². The summed E-state index contributed by atoms with van der Waals surface area (Å²) in [7, 11) is 5.44. The number of nitrogens with one attached hydrogen (secondary N) is 1. The maximum absolute atomic E-state index is 11.6. The lowest BCUT2D eigenvalue weighted by Crippen LogP contribution is -2.41. The average molecular weight is 1450 g/mol. The van der Waals surface area contributed by atoms with Gasteiger partial charge in [-0.2, -0.15) is 0 Å². The van der Waals surface area contributed by atoms with Crippen LogP contribution in [-0.4, -0.2) is 209 Å². The summed E-state index contributed by atoms with van der Waals surface area (Å²) in [5, 5.41) is 31.7. The number of nitrogens with zero attached hydrogens (tertiary/aromatic N) is 4. The van der Waals surface area contributed by atoms with Gasteiger partial charge in [-0.05, 0) is 184 Å². The molecule has 9 rings (SSSR count). The Morgan fingerprint density at radius 1 is 0.745 bits per heavy atom. The first kappa shape index (κ1) is 95.9. The Balaban J connectivity index is 0.000000579. The normalized spacial score (nSPS) is 22.5. The Hall–Kier alpha value is -4.15. The van der Waals surface area contributed by atoms with Crippen molar-refractivity contribution in [1.82, 2.24) is 24.9 Å². The summed E-state index contributed by atoms with van der Waals surface area (Å²) < 4.78 is 30.7. The van der Waals surface area contributed by atoms with Gasteiger partial charge in [-0.15, -0.1) is 0 Å². The number of unbranched alkanes of at least 4 members (excludes halogenated alkanes) is 2. The first-order valence-corrected chi connectivity index (χ1v) is 40.2. The van der Waals surface area contributed by atoms with Crippen molar-refractivity contribution in [2.24, 2.45) is 45.7 Å². The molecule has 5 aliphatic heterocycles. The number of primary amides is 1. The van der Waals surface area contributed by atoms with E-state index >= 15 is 0 Å². The lowest BCUT2D eigenvalue weighted by molar-refractivity contribution is -0.137. The third-order valence-electron chi connectivity index (χ3n) is 21.4. The number of hydrogen-bond donors (Lipinski definition) is 5. The maximum atomic E-state index is 11.6. The predicted octanol–water partition coefficient (Wildman–Crippen LogP) is 15.1. The average Bonchev–Trinajstić information content (AvgIpc) is 1.60. The van der Waals surface area contributed by atoms with Crippen LogP contribution in [0.2, 0.25) is 0 Å². The summed E-state index contributed by atoms with van der Waals surface area (Å²) >= 11 is 0. The number of aliphatic hydroxyl groups excluding tert-OH is 2. The number of rotatable bonds is 23. The highest BCUT2D eigenvalue weighted by atomic mass is 16.6. The smallest absolute Gasteiger partial charge is 0.410 e. The number of carbonyl (C=O) groups excluding carboxylic acids is 5. The highest BCUT2D eigenvalue weighted by Gasteiger charge is 2.44. The number of methoxy groups -OCH3 is 2. The van der Waals surface area contributed by atoms with Crippen LogP contribution in [0.15, 0.2) is 30.3 Å². The van der Waals surface area contributed by atoms with Crippen molar-refractivity contribution in [2.45, 2.75) is 300 Å². The van der Waals surface area contributed by atoms with Crippen LogP contribution in [0.3, 0.4) is 0 Å². The molecule has 6 unspecified atom stereocenters. The number of likely N-dealkylation sites (tertiary alicyclic amines) is 2. The molecular weight excluding hydrogens is 1290 g/mol. The molecule has 0 spiro atoms. The van der Waals surface area contributed by atoms with E-state index in [0.29, 0.717) is 54.6 Å². The number of hydrogen-bond acceptors (Lipinski definition) is 15. The number of piperidine rings is 3. The second-order valence-electron chi connectivity index (χ2n) is 31.6. The van der Waals surface area contributed by atoms with Crippen LogP contribution in [0, 0.1) is 39.9 Å². The van der Waals surface area contributed by atoms with Crippen molar-refractivity contribution < 1.29 is 67.7 Å². The molecule has 8 fully saturated rings. The Morgan fingerprint density at radius 3 is 1.74 bits per heavy atom. The monoisotopic (exact) mass is 1450 g/mol. The number of amides is 5. The quantitative estimate of drug-likeness (QED) is 0.0639. The van der Waals surface area contributed by atoms with E-state index in [9.17, 15) is 29.1 Å². The van der Waals surface area contributed by atoms with Crippen LogP contribution < -0.4 is 11.1 Å². The van der Waals surface area contributed by atoms with Gasteiger partial charge in [0, 0.05) is 105 Å². The van der Waals surface area contributed by atoms with Gasteiger partial charge in [-0.1, -0.05) is 157 Å². The van der Waals surface area contributed by atoms with Crippen LogP contribution >= 0.6 is 0 Å². The lowest BCUT2D eigenvalue weighted by Gasteiger charge is -2.36. The SMILES string of the molecule is CC1(C)CCNCC1.CCC(CC1CCCCC1)C(N)=O.CCC(O)(CCCCCO)c1ccccc1.CCCOCC1CC1C(=O)N(C)CC.CCN1CC(C(C)O)OC1=O.CCN1CCC(C)(C)CC1=O.CCOC(=O)N1CCC(C)(C)CC1.COC1CCCCC1.COC1CCOCC1. The van der Waals surface area contributed by atoms with Crippen molar-refractivity contribution >= 4 is 29.9 Å². The number of aliphatic hydroxyl groups is 3. The van der Waals surface area contributed by atoms with Gasteiger partial charge in [0.1, 0.15) is 6.10 Å². The fourth-order valence-corrected chi connectivity index (χ4v) is 13.2. The van der Waals surface area contributed by atoms with E-state index in [1.807, 2.05) is 84.0 Å². The molecule has 5 amide bonds. The second-order valence-corrected chi connectivity index (χ2v) is 31.6. The fourth-order valence-electron chi connectivity index (χ4n) is 13.2. The largest absolute Gasteiger partial charge is 0.450 e. The van der Waals surface area contributed by atoms with Gasteiger partial charge < -0.3 is 74.4 Å². The van der Waals surface area contributed by atoms with Gasteiger partial charge in [-0.3, -0.25) is 14.4 Å². The molecule has 6 atom stereocenters. The zero-order valence-electron chi connectivity index (χ0n) is 67.9. The molecule has 0 aromatic heterocycles. The molecule has 20 nitrogen and oxygen atoms in total. The third kappa shape index (κ3) is 42.3. The van der Waals surface area contributed by atoms with Crippen molar-refractivity contribution in [3.63, 3.8) is 0 Å². The van der Waals surface area contributed by atoms with Crippen LogP contribution in [0.5, 0.6) is 0 Å². The summed E-state index contributed by atoms with van der Waals surface area (Å²) in [5.74, 6) is 2.14. The first-order chi connectivity index (χ1) is 48.5. The Labute approximate surface area is 621 Å². The molecule has 3 aliphatic carbocycles. The van der Waals surface area contributed by atoms with Gasteiger partial charge in [0.2, 0.25) is 17.7 Å². The van der Waals surface area contributed by atoms with Gasteiger partial charge in [-0.25, -0.2) is 9.59 Å². The topological polar surface area (TPSA) is 252 Å². The molecule has 8 aliphatic rings. The van der Waals surface area contributed by atoms with Crippen LogP contribution in [0.25, 0.3) is 0 Å². The molecule has 5 heterocycles. The number of ether oxygens (including phenoxy) is 6. The standard InChI is InChI=1S/C14H22O2.C11H21NO2.C11H21NO.C10H19NO2.C9H17NO.C7H13NO3.C7H15N.C7H14O.C6H12O2/c1-2-14(16,11-7-4-8-12-15)13-9-5-3-6-10-13;1-4-6-14-8-9-7-10(9)11(13)12(3)5-2;1-2-10(11(12)13)8-9-6-4-3-5-7-9;1-4-13-9(12)11-7-5-10(2,3)6-8-11;1-4-10-6-5-9(2,3)7-8(10)11;1-3-8-4-6(5(2)9)11-7(8)10;1-7(2)3-5-8-6-4-7;1-8-7-5-3-2-4-6-7;1-7-6-2-4-8-5-3-6/h3,5-6,9-10,15-16H,2,4,7-8,11-12H2,1H3;9-10H,4-8H2,1-3H3;9-10H,2-8H2,1H3,(H2,12,13);4-8H2,1-3H3;4-7H2,1-3H3;5-6,9H,3-4H2,1-2H3;8H,3-6H2,1-2H3;7H,2-6H2,1H3;6H,2-5H2,1H3. The highest BCUT2D eigenvalue weighted by Crippen LogP contribution is 2.40. The van der Waals surface area contributed by atoms with Gasteiger partial charge >= 0.3 is 12.2 Å². The summed E-state index contributed by atoms with van der Waals surface area (Å²) in [6.07, 6.45) is 30.2. The number of nitrogens with two attached hydrogens (primary N) is 1. The summed E-state index contributed by atoms with van der Waals surface area (Å²) in [6.45, 7) is 41.0. The molecule has 3 saturated carbocycles. The van der Waals surface area contributed by atoms with Crippen molar-refractivity contribution in [3.8, 4) is 0 Å². The number of likely N-dealkylation sites (N-methyl/N-ethyl adjacent to an activating group) is 1. The maximum Gasteiger partial charge on any atom is 0.410 e. The minimum Gasteiger partial charge on any atom is -0.450 e. The molecule has 102 heavy (non-hydrogen) atoms. The molecule has 596 valence electrons. The van der Waals surface area contributed by atoms with Gasteiger partial charge in [0.25, 0.3) is 0 Å².